The van der Waals surface area contributed by atoms with E-state index in [2.05, 4.69) is 361 Å². The third kappa shape index (κ3) is 9.66. The Labute approximate surface area is 534 Å². The summed E-state index contributed by atoms with van der Waals surface area (Å²) in [6.45, 7) is 0. The van der Waals surface area contributed by atoms with E-state index in [1.165, 1.54) is 0 Å². The lowest BCUT2D eigenvalue weighted by Crippen LogP contribution is -2.11. The number of rotatable bonds is 12. The molecular formula is C88H58N4. The Hall–Kier alpha value is -12.2. The molecule has 0 fully saturated rings. The third-order valence-electron chi connectivity index (χ3n) is 18.1. The van der Waals surface area contributed by atoms with Crippen LogP contribution < -0.4 is 0 Å². The van der Waals surface area contributed by atoms with Crippen molar-refractivity contribution in [2.24, 2.45) is 0 Å². The molecule has 0 bridgehead atoms. The Morgan fingerprint density at radius 3 is 0.815 bits per heavy atom. The van der Waals surface area contributed by atoms with Crippen LogP contribution in [0, 0.1) is 0 Å². The maximum absolute atomic E-state index is 6.29. The SMILES string of the molecule is c1ccc(-c2ccc3c(c2)c2cc(-c4ccccc4)ccc2n3-c2nc(-c3ccccc3)c(-c3ccccc3)c(-c3ccc(-c4cc(-c5ccccc5)nc(-c5ccccc5)c4)cc3)c2-n2c3ccc(-c4ccccc4)cc3c3cc(-c4ccccc4)ccc32)cc1. The summed E-state index contributed by atoms with van der Waals surface area (Å²) >= 11 is 0. The predicted molar refractivity (Wildman–Crippen MR) is 385 cm³/mol. The van der Waals surface area contributed by atoms with Gasteiger partial charge in [-0.25, -0.2) is 9.97 Å². The van der Waals surface area contributed by atoms with E-state index in [9.17, 15) is 0 Å². The highest BCUT2D eigenvalue weighted by molar-refractivity contribution is 6.16. The first-order chi connectivity index (χ1) is 45.6. The lowest BCUT2D eigenvalue weighted by molar-refractivity contribution is 1.03. The average Bonchev–Trinajstić information content (AvgIpc) is 1.46. The fraction of sp³-hybridized carbons (Fsp3) is 0. The lowest BCUT2D eigenvalue weighted by atomic mass is 9.88. The van der Waals surface area contributed by atoms with Crippen molar-refractivity contribution in [3.8, 4) is 123 Å². The fourth-order valence-electron chi connectivity index (χ4n) is 13.7. The van der Waals surface area contributed by atoms with E-state index >= 15 is 0 Å². The van der Waals surface area contributed by atoms with Crippen molar-refractivity contribution in [1.82, 2.24) is 19.1 Å². The molecule has 0 aliphatic heterocycles. The summed E-state index contributed by atoms with van der Waals surface area (Å²) in [6, 6.07) is 127. The summed E-state index contributed by atoms with van der Waals surface area (Å²) in [6.07, 6.45) is 0. The largest absolute Gasteiger partial charge is 0.305 e. The Bertz CT molecular complexity index is 5300. The molecule has 4 heterocycles. The Morgan fingerprint density at radius 1 is 0.185 bits per heavy atom. The van der Waals surface area contributed by atoms with Gasteiger partial charge < -0.3 is 4.57 Å². The van der Waals surface area contributed by atoms with Gasteiger partial charge in [-0.2, -0.15) is 0 Å². The van der Waals surface area contributed by atoms with Gasteiger partial charge in [0.15, 0.2) is 5.82 Å². The first-order valence-corrected chi connectivity index (χ1v) is 31.4. The molecule has 0 atom stereocenters. The maximum atomic E-state index is 6.29. The molecule has 0 aliphatic carbocycles. The summed E-state index contributed by atoms with van der Waals surface area (Å²) in [5, 5.41) is 4.55. The van der Waals surface area contributed by atoms with Gasteiger partial charge in [-0.05, 0) is 127 Å². The molecule has 13 aromatic carbocycles. The van der Waals surface area contributed by atoms with Crippen molar-refractivity contribution >= 4 is 43.6 Å². The van der Waals surface area contributed by atoms with Gasteiger partial charge in [0.25, 0.3) is 0 Å². The topological polar surface area (TPSA) is 35.6 Å². The number of hydrogen-bond donors (Lipinski definition) is 0. The fourth-order valence-corrected chi connectivity index (χ4v) is 13.7. The zero-order chi connectivity index (χ0) is 60.9. The molecule has 17 aromatic rings. The minimum absolute atomic E-state index is 0.801. The number of benzene rings is 13. The minimum atomic E-state index is 0.801. The van der Waals surface area contributed by atoms with Gasteiger partial charge in [0.05, 0.1) is 44.8 Å². The van der Waals surface area contributed by atoms with E-state index in [-0.39, 0.29) is 0 Å². The first-order valence-electron chi connectivity index (χ1n) is 31.4. The van der Waals surface area contributed by atoms with E-state index < -0.39 is 0 Å². The maximum Gasteiger partial charge on any atom is 0.163 e. The molecule has 17 rings (SSSR count). The second-order valence-electron chi connectivity index (χ2n) is 23.6. The van der Waals surface area contributed by atoms with Crippen molar-refractivity contribution < 1.29 is 0 Å². The number of hydrogen-bond acceptors (Lipinski definition) is 2. The third-order valence-corrected chi connectivity index (χ3v) is 18.1. The molecule has 0 saturated heterocycles. The van der Waals surface area contributed by atoms with Crippen LogP contribution in [0.2, 0.25) is 0 Å². The molecule has 0 radical (unpaired) electrons. The van der Waals surface area contributed by atoms with E-state index in [4.69, 9.17) is 9.97 Å². The molecule has 0 N–H and O–H groups in total. The van der Waals surface area contributed by atoms with Crippen LogP contribution in [-0.2, 0) is 0 Å². The van der Waals surface area contributed by atoms with Crippen molar-refractivity contribution in [1.29, 1.82) is 0 Å². The van der Waals surface area contributed by atoms with Gasteiger partial charge in [-0.1, -0.05) is 291 Å². The zero-order valence-electron chi connectivity index (χ0n) is 50.3. The summed E-state index contributed by atoms with van der Waals surface area (Å²) in [5.74, 6) is 0.801. The van der Waals surface area contributed by atoms with E-state index in [0.29, 0.717) is 0 Å². The quantitative estimate of drug-likeness (QED) is 0.122. The summed E-state index contributed by atoms with van der Waals surface area (Å²) in [4.78, 5) is 11.6. The number of aromatic nitrogens is 4. The molecule has 0 saturated carbocycles. The van der Waals surface area contributed by atoms with Crippen LogP contribution >= 0.6 is 0 Å². The minimum Gasteiger partial charge on any atom is -0.305 e. The molecule has 92 heavy (non-hydrogen) atoms. The molecule has 4 nitrogen and oxygen atoms in total. The second-order valence-corrected chi connectivity index (χ2v) is 23.6. The zero-order valence-corrected chi connectivity index (χ0v) is 50.3. The molecule has 0 spiro atoms. The molecule has 0 amide bonds. The monoisotopic (exact) mass is 1170 g/mol. The summed E-state index contributed by atoms with van der Waals surface area (Å²) in [5.41, 5.74) is 26.6. The van der Waals surface area contributed by atoms with Crippen LogP contribution in [-0.4, -0.2) is 19.1 Å². The van der Waals surface area contributed by atoms with Crippen LogP contribution in [0.1, 0.15) is 0 Å². The van der Waals surface area contributed by atoms with Gasteiger partial charge in [0.1, 0.15) is 0 Å². The van der Waals surface area contributed by atoms with Crippen LogP contribution in [0.4, 0.5) is 0 Å². The van der Waals surface area contributed by atoms with Crippen LogP contribution in [0.3, 0.4) is 0 Å². The normalized spacial score (nSPS) is 11.5. The molecule has 0 unspecified atom stereocenters. The molecule has 0 aliphatic rings. The molecular weight excluding hydrogens is 1110 g/mol. The van der Waals surface area contributed by atoms with E-state index in [1.807, 2.05) is 0 Å². The van der Waals surface area contributed by atoms with Gasteiger partial charge in [0, 0.05) is 49.4 Å². The molecule has 4 heteroatoms. The number of nitrogens with zero attached hydrogens (tertiary/aromatic N) is 4. The van der Waals surface area contributed by atoms with Crippen LogP contribution in [0.5, 0.6) is 0 Å². The average molecular weight is 1170 g/mol. The molecule has 430 valence electrons. The highest BCUT2D eigenvalue weighted by atomic mass is 15.1. The highest BCUT2D eigenvalue weighted by Crippen LogP contribution is 2.50. The van der Waals surface area contributed by atoms with Crippen LogP contribution in [0.25, 0.3) is 167 Å². The first kappa shape index (κ1) is 54.0. The standard InChI is InChI=1S/C88H58N4/c1-9-25-59(26-10-1)69-45-49-80-74(53-69)75-54-70(60-27-11-2-12-28-60)46-50-81(75)91(80)87-85(67-43-41-63(42-44-67)73-57-78(64-33-17-5-18-34-64)89-79(58-73)65-35-19-6-20-36-65)84(66-37-21-7-22-38-66)86(68-39-23-8-24-40-68)90-88(87)92-82-51-47-71(61-29-13-3-14-30-61)55-76(82)77-56-72(48-52-83(77)92)62-31-15-4-16-32-62/h1-58H. The van der Waals surface area contributed by atoms with Crippen molar-refractivity contribution in [3.63, 3.8) is 0 Å². The lowest BCUT2D eigenvalue weighted by Gasteiger charge is -2.25. The number of pyridine rings is 2. The van der Waals surface area contributed by atoms with E-state index in [0.717, 1.165) is 167 Å². The predicted octanol–water partition coefficient (Wildman–Crippen LogP) is 23.3. The molecule has 4 aromatic heterocycles. The Balaban J connectivity index is 1.03. The van der Waals surface area contributed by atoms with Gasteiger partial charge >= 0.3 is 0 Å². The van der Waals surface area contributed by atoms with Crippen molar-refractivity contribution in [2.45, 2.75) is 0 Å². The Morgan fingerprint density at radius 2 is 0.457 bits per heavy atom. The van der Waals surface area contributed by atoms with Crippen molar-refractivity contribution in [3.05, 3.63) is 352 Å². The van der Waals surface area contributed by atoms with Crippen LogP contribution in [0.15, 0.2) is 352 Å². The number of fused-ring (bicyclic) bond motifs is 6. The van der Waals surface area contributed by atoms with Gasteiger partial charge in [0.2, 0.25) is 0 Å². The Kier molecular flexibility index (Phi) is 13.5. The van der Waals surface area contributed by atoms with Crippen molar-refractivity contribution in [2.75, 3.05) is 0 Å². The highest BCUT2D eigenvalue weighted by Gasteiger charge is 2.30. The van der Waals surface area contributed by atoms with E-state index in [1.54, 1.807) is 0 Å². The summed E-state index contributed by atoms with van der Waals surface area (Å²) in [7, 11) is 0. The smallest absolute Gasteiger partial charge is 0.163 e. The van der Waals surface area contributed by atoms with Gasteiger partial charge in [-0.15, -0.1) is 0 Å². The van der Waals surface area contributed by atoms with Gasteiger partial charge in [-0.3, -0.25) is 4.57 Å². The second kappa shape index (κ2) is 23.0. The summed E-state index contributed by atoms with van der Waals surface area (Å²) < 4.78 is 5.00.